The van der Waals surface area contributed by atoms with Crippen LogP contribution in [0.4, 0.5) is 11.5 Å². The van der Waals surface area contributed by atoms with Gasteiger partial charge in [-0.25, -0.2) is 4.98 Å². The van der Waals surface area contributed by atoms with Crippen molar-refractivity contribution in [2.45, 2.75) is 19.3 Å². The van der Waals surface area contributed by atoms with E-state index >= 15 is 0 Å². The largest absolute Gasteiger partial charge is 0.493 e. The normalized spacial score (nSPS) is 13.8. The van der Waals surface area contributed by atoms with E-state index in [2.05, 4.69) is 15.2 Å². The van der Waals surface area contributed by atoms with E-state index in [1.165, 1.54) is 40.6 Å². The fourth-order valence-corrected chi connectivity index (χ4v) is 3.19. The van der Waals surface area contributed by atoms with Crippen LogP contribution in [0.2, 0.25) is 0 Å². The Balaban J connectivity index is 1.75. The number of carbonyl (C=O) groups excluding carboxylic acids is 1. The van der Waals surface area contributed by atoms with Gasteiger partial charge in [0.25, 0.3) is 5.91 Å². The van der Waals surface area contributed by atoms with Crippen molar-refractivity contribution in [3.05, 3.63) is 36.0 Å². The molecule has 3 rings (SSSR count). The molecule has 1 saturated heterocycles. The molecule has 1 N–H and O–H groups in total. The lowest BCUT2D eigenvalue weighted by Gasteiger charge is -2.27. The quantitative estimate of drug-likeness (QED) is 0.840. The predicted octanol–water partition coefficient (Wildman–Crippen LogP) is 3.35. The number of carbonyl (C=O) groups is 1. The molecule has 0 aliphatic carbocycles. The van der Waals surface area contributed by atoms with Gasteiger partial charge in [-0.3, -0.25) is 4.79 Å². The molecule has 1 aromatic heterocycles. The number of piperidine rings is 1. The van der Waals surface area contributed by atoms with E-state index in [0.717, 1.165) is 18.9 Å². The topological polar surface area (TPSA) is 72.9 Å². The molecule has 1 aliphatic rings. The van der Waals surface area contributed by atoms with Gasteiger partial charge in [0.15, 0.2) is 11.5 Å². The van der Waals surface area contributed by atoms with Crippen molar-refractivity contribution < 1.29 is 19.0 Å². The van der Waals surface area contributed by atoms with E-state index in [-0.39, 0.29) is 5.91 Å². The molecule has 1 fully saturated rings. The van der Waals surface area contributed by atoms with E-state index in [0.29, 0.717) is 28.5 Å². The van der Waals surface area contributed by atoms with Crippen LogP contribution in [-0.2, 0) is 0 Å². The third-order valence-electron chi connectivity index (χ3n) is 4.61. The summed E-state index contributed by atoms with van der Waals surface area (Å²) in [5.74, 6) is 1.98. The fourth-order valence-electron chi connectivity index (χ4n) is 3.19. The Labute approximate surface area is 159 Å². The maximum Gasteiger partial charge on any atom is 0.255 e. The minimum Gasteiger partial charge on any atom is -0.493 e. The second-order valence-corrected chi connectivity index (χ2v) is 6.32. The smallest absolute Gasteiger partial charge is 0.255 e. The number of amides is 1. The number of methoxy groups -OCH3 is 3. The number of pyridine rings is 1. The van der Waals surface area contributed by atoms with Gasteiger partial charge in [0, 0.05) is 18.7 Å². The summed E-state index contributed by atoms with van der Waals surface area (Å²) in [7, 11) is 4.56. The van der Waals surface area contributed by atoms with Crippen molar-refractivity contribution in [3.8, 4) is 17.2 Å². The minimum atomic E-state index is -0.276. The first-order chi connectivity index (χ1) is 13.2. The van der Waals surface area contributed by atoms with Gasteiger partial charge >= 0.3 is 0 Å². The van der Waals surface area contributed by atoms with Crippen molar-refractivity contribution in [2.24, 2.45) is 0 Å². The van der Waals surface area contributed by atoms with Crippen LogP contribution in [0.15, 0.2) is 30.5 Å². The lowest BCUT2D eigenvalue weighted by molar-refractivity contribution is 0.102. The van der Waals surface area contributed by atoms with Crippen LogP contribution >= 0.6 is 0 Å². The second kappa shape index (κ2) is 8.62. The summed E-state index contributed by atoms with van der Waals surface area (Å²) < 4.78 is 15.9. The molecular formula is C20H25N3O4. The maximum absolute atomic E-state index is 12.6. The van der Waals surface area contributed by atoms with Crippen LogP contribution in [0.25, 0.3) is 0 Å². The Morgan fingerprint density at radius 3 is 2.19 bits per heavy atom. The summed E-state index contributed by atoms with van der Waals surface area (Å²) in [6, 6.07) is 7.04. The Morgan fingerprint density at radius 1 is 1.00 bits per heavy atom. The van der Waals surface area contributed by atoms with Gasteiger partial charge in [0.2, 0.25) is 5.75 Å². The van der Waals surface area contributed by atoms with E-state index < -0.39 is 0 Å². The SMILES string of the molecule is COc1cc(C(=O)Nc2ccc(N3CCCCC3)nc2)cc(OC)c1OC. The first-order valence-electron chi connectivity index (χ1n) is 8.98. The zero-order valence-electron chi connectivity index (χ0n) is 15.9. The predicted molar refractivity (Wildman–Crippen MR) is 104 cm³/mol. The number of hydrogen-bond donors (Lipinski definition) is 1. The molecule has 0 bridgehead atoms. The van der Waals surface area contributed by atoms with Gasteiger partial charge in [-0.1, -0.05) is 0 Å². The van der Waals surface area contributed by atoms with Gasteiger partial charge in [0.1, 0.15) is 5.82 Å². The monoisotopic (exact) mass is 371 g/mol. The van der Waals surface area contributed by atoms with Gasteiger partial charge in [-0.05, 0) is 43.5 Å². The molecule has 0 saturated carbocycles. The lowest BCUT2D eigenvalue weighted by Crippen LogP contribution is -2.30. The molecule has 1 aromatic carbocycles. The fraction of sp³-hybridized carbons (Fsp3) is 0.400. The number of nitrogens with zero attached hydrogens (tertiary/aromatic N) is 2. The van der Waals surface area contributed by atoms with E-state index in [1.54, 1.807) is 18.3 Å². The lowest BCUT2D eigenvalue weighted by atomic mass is 10.1. The van der Waals surface area contributed by atoms with Crippen molar-refractivity contribution in [3.63, 3.8) is 0 Å². The molecule has 0 atom stereocenters. The number of nitrogens with one attached hydrogen (secondary N) is 1. The summed E-state index contributed by atoms with van der Waals surface area (Å²) in [5, 5.41) is 2.86. The Morgan fingerprint density at radius 2 is 1.67 bits per heavy atom. The Hall–Kier alpha value is -2.96. The second-order valence-electron chi connectivity index (χ2n) is 6.32. The first kappa shape index (κ1) is 18.8. The molecule has 1 aliphatic heterocycles. The molecule has 27 heavy (non-hydrogen) atoms. The average molecular weight is 371 g/mol. The van der Waals surface area contributed by atoms with Gasteiger partial charge < -0.3 is 24.4 Å². The highest BCUT2D eigenvalue weighted by atomic mass is 16.5. The molecule has 2 aromatic rings. The Kier molecular flexibility index (Phi) is 6.01. The number of ether oxygens (including phenoxy) is 3. The summed E-state index contributed by atoms with van der Waals surface area (Å²) in [6.45, 7) is 2.06. The highest BCUT2D eigenvalue weighted by Gasteiger charge is 2.17. The summed E-state index contributed by atoms with van der Waals surface area (Å²) in [4.78, 5) is 19.4. The third-order valence-corrected chi connectivity index (χ3v) is 4.61. The summed E-state index contributed by atoms with van der Waals surface area (Å²) >= 11 is 0. The first-order valence-corrected chi connectivity index (χ1v) is 8.98. The van der Waals surface area contributed by atoms with Crippen molar-refractivity contribution in [1.82, 2.24) is 4.98 Å². The number of benzene rings is 1. The number of aromatic nitrogens is 1. The van der Waals surface area contributed by atoms with Gasteiger partial charge in [0.05, 0.1) is 33.2 Å². The van der Waals surface area contributed by atoms with Gasteiger partial charge in [-0.15, -0.1) is 0 Å². The third kappa shape index (κ3) is 4.24. The molecule has 2 heterocycles. The summed E-state index contributed by atoms with van der Waals surface area (Å²) in [6.07, 6.45) is 5.35. The van der Waals surface area contributed by atoms with E-state index in [1.807, 2.05) is 12.1 Å². The molecule has 1 amide bonds. The molecule has 144 valence electrons. The van der Waals surface area contributed by atoms with E-state index in [9.17, 15) is 4.79 Å². The van der Waals surface area contributed by atoms with Crippen LogP contribution in [0.5, 0.6) is 17.2 Å². The highest BCUT2D eigenvalue weighted by Crippen LogP contribution is 2.38. The molecule has 7 nitrogen and oxygen atoms in total. The van der Waals surface area contributed by atoms with Crippen LogP contribution in [0.3, 0.4) is 0 Å². The highest BCUT2D eigenvalue weighted by molar-refractivity contribution is 6.05. The van der Waals surface area contributed by atoms with Crippen LogP contribution < -0.4 is 24.4 Å². The molecule has 0 radical (unpaired) electrons. The number of anilines is 2. The van der Waals surface area contributed by atoms with Crippen molar-refractivity contribution in [2.75, 3.05) is 44.6 Å². The molecule has 0 spiro atoms. The standard InChI is InChI=1S/C20H25N3O4/c1-25-16-11-14(12-17(26-2)19(16)27-3)20(24)22-15-7-8-18(21-13-15)23-9-5-4-6-10-23/h7-8,11-13H,4-6,9-10H2,1-3H3,(H,22,24). The molecular weight excluding hydrogens is 346 g/mol. The molecule has 0 unspecified atom stereocenters. The number of hydrogen-bond acceptors (Lipinski definition) is 6. The molecule has 7 heteroatoms. The van der Waals surface area contributed by atoms with Crippen LogP contribution in [-0.4, -0.2) is 45.3 Å². The van der Waals surface area contributed by atoms with Gasteiger partial charge in [-0.2, -0.15) is 0 Å². The van der Waals surface area contributed by atoms with Crippen molar-refractivity contribution >= 4 is 17.4 Å². The summed E-state index contributed by atoms with van der Waals surface area (Å²) in [5.41, 5.74) is 1.04. The number of rotatable bonds is 6. The minimum absolute atomic E-state index is 0.276. The van der Waals surface area contributed by atoms with Crippen molar-refractivity contribution in [1.29, 1.82) is 0 Å². The zero-order chi connectivity index (χ0) is 19.2. The Bertz CT molecular complexity index is 761. The van der Waals surface area contributed by atoms with Crippen LogP contribution in [0, 0.1) is 0 Å². The van der Waals surface area contributed by atoms with Crippen LogP contribution in [0.1, 0.15) is 29.6 Å². The zero-order valence-corrected chi connectivity index (χ0v) is 15.9. The maximum atomic E-state index is 12.6. The van der Waals surface area contributed by atoms with E-state index in [4.69, 9.17) is 14.2 Å². The average Bonchev–Trinajstić information content (AvgIpc) is 2.73.